The summed E-state index contributed by atoms with van der Waals surface area (Å²) in [6, 6.07) is 11.6. The predicted molar refractivity (Wildman–Crippen MR) is 151 cm³/mol. The molecule has 1 amide bonds. The van der Waals surface area contributed by atoms with Crippen LogP contribution in [0.4, 0.5) is 24.7 Å². The molecular weight excluding hydrogens is 533 g/mol. The van der Waals surface area contributed by atoms with Gasteiger partial charge in [-0.1, -0.05) is 19.1 Å². The second kappa shape index (κ2) is 12.4. The maximum absolute atomic E-state index is 14.0. The third kappa shape index (κ3) is 7.15. The standard InChI is InChI=1S/C30H35F3N6O2/c1-3-38-10-12-39(13-11-38)18-22-6-8-24(16-26(22)30(31,32)33)37-29(40)21-5-4-20-7-9-25(15-23(20)14-21)41-28-17-27(34-2)35-19-36-28/h6-9,15-17,19,21H,3-5,10-14,18H2,1-2H3,(H,37,40)(H,34,35,36). The number of benzene rings is 2. The van der Waals surface area contributed by atoms with E-state index in [0.717, 1.165) is 49.9 Å². The highest BCUT2D eigenvalue weighted by Crippen LogP contribution is 2.36. The topological polar surface area (TPSA) is 82.6 Å². The minimum absolute atomic E-state index is 0.161. The summed E-state index contributed by atoms with van der Waals surface area (Å²) in [4.78, 5) is 25.7. The predicted octanol–water partition coefficient (Wildman–Crippen LogP) is 5.21. The molecule has 218 valence electrons. The average molecular weight is 569 g/mol. The first-order valence-corrected chi connectivity index (χ1v) is 14.0. The summed E-state index contributed by atoms with van der Waals surface area (Å²) in [6.45, 7) is 6.42. The number of aromatic nitrogens is 2. The molecule has 0 spiro atoms. The number of piperazine rings is 1. The van der Waals surface area contributed by atoms with Crippen LogP contribution in [0.3, 0.4) is 0 Å². The number of alkyl halides is 3. The Bertz CT molecular complexity index is 1370. The molecular formula is C30H35F3N6O2. The maximum atomic E-state index is 14.0. The van der Waals surface area contributed by atoms with Crippen molar-refractivity contribution in [2.45, 2.75) is 38.9 Å². The fourth-order valence-electron chi connectivity index (χ4n) is 5.48. The normalized spacial score (nSPS) is 18.0. The van der Waals surface area contributed by atoms with Gasteiger partial charge in [-0.3, -0.25) is 9.69 Å². The van der Waals surface area contributed by atoms with Crippen molar-refractivity contribution in [3.63, 3.8) is 0 Å². The lowest BCUT2D eigenvalue weighted by atomic mass is 9.83. The lowest BCUT2D eigenvalue weighted by molar-refractivity contribution is -0.138. The van der Waals surface area contributed by atoms with Gasteiger partial charge in [-0.05, 0) is 66.8 Å². The molecule has 1 atom stereocenters. The van der Waals surface area contributed by atoms with Crippen molar-refractivity contribution in [2.24, 2.45) is 5.92 Å². The van der Waals surface area contributed by atoms with Crippen molar-refractivity contribution in [1.82, 2.24) is 19.8 Å². The van der Waals surface area contributed by atoms with E-state index in [1.807, 2.05) is 18.2 Å². The van der Waals surface area contributed by atoms with Crippen molar-refractivity contribution in [2.75, 3.05) is 50.4 Å². The molecule has 5 rings (SSSR count). The summed E-state index contributed by atoms with van der Waals surface area (Å²) in [5.74, 6) is 0.958. The van der Waals surface area contributed by atoms with Crippen LogP contribution in [0, 0.1) is 5.92 Å². The number of likely N-dealkylation sites (N-methyl/N-ethyl adjacent to an activating group) is 1. The number of rotatable bonds is 8. The number of amides is 1. The van der Waals surface area contributed by atoms with Crippen LogP contribution in [0.2, 0.25) is 0 Å². The van der Waals surface area contributed by atoms with Gasteiger partial charge >= 0.3 is 6.18 Å². The number of carbonyl (C=O) groups excluding carboxylic acids is 1. The summed E-state index contributed by atoms with van der Waals surface area (Å²) < 4.78 is 48.0. The number of hydrogen-bond acceptors (Lipinski definition) is 7. The summed E-state index contributed by atoms with van der Waals surface area (Å²) in [5.41, 5.74) is 1.80. The first-order valence-electron chi connectivity index (χ1n) is 14.0. The minimum Gasteiger partial charge on any atom is -0.439 e. The monoisotopic (exact) mass is 568 g/mol. The first-order chi connectivity index (χ1) is 19.7. The average Bonchev–Trinajstić information content (AvgIpc) is 2.97. The summed E-state index contributed by atoms with van der Waals surface area (Å²) in [5, 5.41) is 5.69. The fourth-order valence-corrected chi connectivity index (χ4v) is 5.48. The highest BCUT2D eigenvalue weighted by molar-refractivity contribution is 5.93. The lowest BCUT2D eigenvalue weighted by Gasteiger charge is -2.34. The zero-order valence-corrected chi connectivity index (χ0v) is 23.3. The first kappa shape index (κ1) is 28.8. The molecule has 3 aromatic rings. The summed E-state index contributed by atoms with van der Waals surface area (Å²) in [6.07, 6.45) is -1.32. The van der Waals surface area contributed by atoms with Gasteiger partial charge in [0, 0.05) is 57.4 Å². The van der Waals surface area contributed by atoms with Crippen molar-refractivity contribution < 1.29 is 22.7 Å². The Morgan fingerprint density at radius 2 is 1.80 bits per heavy atom. The lowest BCUT2D eigenvalue weighted by Crippen LogP contribution is -2.45. The maximum Gasteiger partial charge on any atom is 0.416 e. The number of nitrogens with zero attached hydrogens (tertiary/aromatic N) is 4. The van der Waals surface area contributed by atoms with Gasteiger partial charge in [0.15, 0.2) is 0 Å². The smallest absolute Gasteiger partial charge is 0.416 e. The number of anilines is 2. The number of nitrogens with one attached hydrogen (secondary N) is 2. The number of halogens is 3. The van der Waals surface area contributed by atoms with Crippen molar-refractivity contribution in [1.29, 1.82) is 0 Å². The van der Waals surface area contributed by atoms with Gasteiger partial charge in [-0.2, -0.15) is 13.2 Å². The Morgan fingerprint density at radius 1 is 1.02 bits per heavy atom. The molecule has 8 nitrogen and oxygen atoms in total. The molecule has 2 aliphatic rings. The SMILES string of the molecule is CCN1CCN(Cc2ccc(NC(=O)C3CCc4ccc(Oc5cc(NC)ncn5)cc4C3)cc2C(F)(F)F)CC1. The Kier molecular flexibility index (Phi) is 8.74. The van der Waals surface area contributed by atoms with E-state index in [1.54, 1.807) is 19.2 Å². The van der Waals surface area contributed by atoms with E-state index in [0.29, 0.717) is 36.7 Å². The van der Waals surface area contributed by atoms with Crippen LogP contribution in [0.15, 0.2) is 48.8 Å². The van der Waals surface area contributed by atoms with Gasteiger partial charge in [-0.15, -0.1) is 0 Å². The molecule has 1 fully saturated rings. The van der Waals surface area contributed by atoms with Crippen LogP contribution in [0.5, 0.6) is 11.6 Å². The highest BCUT2D eigenvalue weighted by Gasteiger charge is 2.35. The van der Waals surface area contributed by atoms with E-state index >= 15 is 0 Å². The number of fused-ring (bicyclic) bond motifs is 1. The second-order valence-electron chi connectivity index (χ2n) is 10.5. The number of ether oxygens (including phenoxy) is 1. The van der Waals surface area contributed by atoms with Crippen molar-refractivity contribution >= 4 is 17.4 Å². The van der Waals surface area contributed by atoms with E-state index in [-0.39, 0.29) is 29.6 Å². The zero-order valence-electron chi connectivity index (χ0n) is 23.3. The molecule has 1 saturated heterocycles. The van der Waals surface area contributed by atoms with E-state index < -0.39 is 11.7 Å². The van der Waals surface area contributed by atoms with Crippen molar-refractivity contribution in [3.8, 4) is 11.6 Å². The summed E-state index contributed by atoms with van der Waals surface area (Å²) >= 11 is 0. The molecule has 0 bridgehead atoms. The Labute approximate surface area is 237 Å². The van der Waals surface area contributed by atoms with E-state index in [1.165, 1.54) is 12.4 Å². The summed E-state index contributed by atoms with van der Waals surface area (Å²) in [7, 11) is 1.75. The molecule has 1 aliphatic carbocycles. The van der Waals surface area contributed by atoms with Crippen LogP contribution < -0.4 is 15.4 Å². The van der Waals surface area contributed by atoms with Gasteiger partial charge in [0.25, 0.3) is 0 Å². The van der Waals surface area contributed by atoms with Crippen LogP contribution in [0.25, 0.3) is 0 Å². The van der Waals surface area contributed by atoms with Crippen LogP contribution >= 0.6 is 0 Å². The molecule has 0 radical (unpaired) electrons. The molecule has 1 aliphatic heterocycles. The molecule has 2 aromatic carbocycles. The van der Waals surface area contributed by atoms with Gasteiger partial charge in [-0.25, -0.2) is 9.97 Å². The Hall–Kier alpha value is -3.70. The zero-order chi connectivity index (χ0) is 29.0. The third-order valence-electron chi connectivity index (χ3n) is 7.89. The minimum atomic E-state index is -4.51. The number of carbonyl (C=O) groups is 1. The number of aryl methyl sites for hydroxylation is 1. The second-order valence-corrected chi connectivity index (χ2v) is 10.5. The third-order valence-corrected chi connectivity index (χ3v) is 7.89. The molecule has 41 heavy (non-hydrogen) atoms. The molecule has 1 aromatic heterocycles. The molecule has 0 saturated carbocycles. The quantitative estimate of drug-likeness (QED) is 0.386. The Balaban J connectivity index is 1.25. The van der Waals surface area contributed by atoms with Gasteiger partial charge in [0.1, 0.15) is 17.9 Å². The molecule has 2 N–H and O–H groups in total. The van der Waals surface area contributed by atoms with E-state index in [9.17, 15) is 18.0 Å². The van der Waals surface area contributed by atoms with Gasteiger partial charge in [0.05, 0.1) is 5.56 Å². The van der Waals surface area contributed by atoms with Crippen LogP contribution in [-0.2, 0) is 30.4 Å². The Morgan fingerprint density at radius 3 is 2.54 bits per heavy atom. The number of hydrogen-bond donors (Lipinski definition) is 2. The molecule has 11 heteroatoms. The van der Waals surface area contributed by atoms with E-state index in [4.69, 9.17) is 4.74 Å². The molecule has 1 unspecified atom stereocenters. The highest BCUT2D eigenvalue weighted by atomic mass is 19.4. The van der Waals surface area contributed by atoms with Gasteiger partial charge < -0.3 is 20.3 Å². The van der Waals surface area contributed by atoms with Crippen LogP contribution in [-0.4, -0.2) is 65.4 Å². The van der Waals surface area contributed by atoms with Crippen molar-refractivity contribution in [3.05, 3.63) is 71.0 Å². The molecule has 2 heterocycles. The largest absolute Gasteiger partial charge is 0.439 e. The fraction of sp³-hybridized carbons (Fsp3) is 0.433. The van der Waals surface area contributed by atoms with E-state index in [2.05, 4.69) is 37.3 Å². The van der Waals surface area contributed by atoms with Crippen LogP contribution in [0.1, 0.15) is 35.6 Å². The van der Waals surface area contributed by atoms with Gasteiger partial charge in [0.2, 0.25) is 11.8 Å².